The maximum Gasteiger partial charge on any atom is 0.419 e. The molecule has 0 aromatic carbocycles. The van der Waals surface area contributed by atoms with E-state index in [1.54, 1.807) is 0 Å². The molecule has 2 aromatic rings. The molecule has 0 spiro atoms. The molecule has 2 saturated heterocycles. The largest absolute Gasteiger partial charge is 0.419 e. The molecule has 29 heavy (non-hydrogen) atoms. The van der Waals surface area contributed by atoms with Crippen molar-refractivity contribution in [3.63, 3.8) is 0 Å². The van der Waals surface area contributed by atoms with Crippen LogP contribution >= 0.6 is 0 Å². The Balaban J connectivity index is 1.29. The third-order valence-electron chi connectivity index (χ3n) is 6.86. The summed E-state index contributed by atoms with van der Waals surface area (Å²) in [5, 5.41) is 0. The van der Waals surface area contributed by atoms with Gasteiger partial charge in [-0.3, -0.25) is 4.90 Å². The first-order chi connectivity index (χ1) is 13.9. The first kappa shape index (κ1) is 17.7. The maximum absolute atomic E-state index is 13.2. The van der Waals surface area contributed by atoms with E-state index in [1.807, 2.05) is 6.20 Å². The van der Waals surface area contributed by atoms with Crippen LogP contribution in [0, 0.1) is 11.8 Å². The fraction of sp³-hybridized carbons (Fsp3) is 0.600. The number of nitrogen functional groups attached to an aromatic ring is 1. The number of piperidine rings is 1. The minimum atomic E-state index is -4.53. The maximum atomic E-state index is 13.2. The molecule has 1 unspecified atom stereocenters. The number of rotatable bonds is 4. The minimum Gasteiger partial charge on any atom is -0.383 e. The first-order valence-corrected chi connectivity index (χ1v) is 10.1. The van der Waals surface area contributed by atoms with Crippen molar-refractivity contribution in [3.05, 3.63) is 29.8 Å². The van der Waals surface area contributed by atoms with E-state index in [0.717, 1.165) is 51.0 Å². The van der Waals surface area contributed by atoms with E-state index in [-0.39, 0.29) is 0 Å². The number of hydrogen-bond donors (Lipinski definition) is 1. The Kier molecular flexibility index (Phi) is 3.63. The van der Waals surface area contributed by atoms with Crippen molar-refractivity contribution >= 4 is 5.82 Å². The Hall–Kier alpha value is -2.13. The van der Waals surface area contributed by atoms with Gasteiger partial charge in [-0.1, -0.05) is 0 Å². The second-order valence-electron chi connectivity index (χ2n) is 8.78. The zero-order chi connectivity index (χ0) is 19.9. The van der Waals surface area contributed by atoms with Crippen LogP contribution in [0.2, 0.25) is 0 Å². The quantitative estimate of drug-likeness (QED) is 0.847. The number of halogens is 3. The van der Waals surface area contributed by atoms with Crippen LogP contribution in [0.15, 0.2) is 18.5 Å². The Labute approximate surface area is 165 Å². The van der Waals surface area contributed by atoms with Gasteiger partial charge in [-0.2, -0.15) is 13.2 Å². The average Bonchev–Trinajstić information content (AvgIpc) is 3.49. The SMILES string of the molecule is Nc1ncc(-c2cn(C3[C@H]4CN(C5COC5)C[C@@H]34)c(C3CC3)n2)cc1C(F)(F)F. The molecular formula is C20H22F3N5O. The van der Waals surface area contributed by atoms with Gasteiger partial charge in [-0.25, -0.2) is 9.97 Å². The Morgan fingerprint density at radius 3 is 2.45 bits per heavy atom. The van der Waals surface area contributed by atoms with Crippen LogP contribution in [0.4, 0.5) is 19.0 Å². The predicted molar refractivity (Wildman–Crippen MR) is 99.0 cm³/mol. The van der Waals surface area contributed by atoms with Crippen molar-refractivity contribution in [2.45, 2.75) is 37.0 Å². The third-order valence-corrected chi connectivity index (χ3v) is 6.86. The summed E-state index contributed by atoms with van der Waals surface area (Å²) in [6.07, 6.45) is 0.980. The van der Waals surface area contributed by atoms with Crippen molar-refractivity contribution < 1.29 is 17.9 Å². The van der Waals surface area contributed by atoms with E-state index in [4.69, 9.17) is 15.5 Å². The number of ether oxygens (including phenoxy) is 1. The molecule has 9 heteroatoms. The zero-order valence-corrected chi connectivity index (χ0v) is 15.8. The third kappa shape index (κ3) is 2.85. The fourth-order valence-corrected chi connectivity index (χ4v) is 4.94. The normalized spacial score (nSPS) is 29.7. The Morgan fingerprint density at radius 2 is 1.86 bits per heavy atom. The molecule has 6 rings (SSSR count). The van der Waals surface area contributed by atoms with Gasteiger partial charge in [0.15, 0.2) is 0 Å². The van der Waals surface area contributed by atoms with Crippen LogP contribution in [0.1, 0.15) is 36.2 Å². The van der Waals surface area contributed by atoms with Crippen molar-refractivity contribution in [1.82, 2.24) is 19.4 Å². The van der Waals surface area contributed by atoms with Crippen molar-refractivity contribution in [2.75, 3.05) is 32.0 Å². The van der Waals surface area contributed by atoms with E-state index < -0.39 is 17.6 Å². The number of hydrogen-bond acceptors (Lipinski definition) is 5. The van der Waals surface area contributed by atoms with E-state index >= 15 is 0 Å². The lowest BCUT2D eigenvalue weighted by Gasteiger charge is -2.36. The molecule has 154 valence electrons. The number of anilines is 1. The summed E-state index contributed by atoms with van der Waals surface area (Å²) in [6.45, 7) is 3.81. The monoisotopic (exact) mass is 405 g/mol. The molecule has 0 radical (unpaired) electrons. The molecule has 2 aromatic heterocycles. The lowest BCUT2D eigenvalue weighted by Crippen LogP contribution is -2.49. The highest BCUT2D eigenvalue weighted by Gasteiger charge is 2.59. The van der Waals surface area contributed by atoms with E-state index in [0.29, 0.717) is 41.1 Å². The second kappa shape index (κ2) is 5.95. The van der Waals surface area contributed by atoms with Crippen LogP contribution < -0.4 is 5.73 Å². The number of likely N-dealkylation sites (tertiary alicyclic amines) is 1. The van der Waals surface area contributed by atoms with Crippen LogP contribution in [0.5, 0.6) is 0 Å². The summed E-state index contributed by atoms with van der Waals surface area (Å²) >= 11 is 0. The number of aromatic nitrogens is 3. The summed E-state index contributed by atoms with van der Waals surface area (Å²) in [4.78, 5) is 11.0. The number of alkyl halides is 3. The van der Waals surface area contributed by atoms with Gasteiger partial charge >= 0.3 is 6.18 Å². The predicted octanol–water partition coefficient (Wildman–Crippen LogP) is 2.93. The Bertz CT molecular complexity index is 954. The molecule has 6 nitrogen and oxygen atoms in total. The van der Waals surface area contributed by atoms with Crippen molar-refractivity contribution in [1.29, 1.82) is 0 Å². The van der Waals surface area contributed by atoms with Gasteiger partial charge in [0.25, 0.3) is 0 Å². The molecule has 2 aliphatic carbocycles. The van der Waals surface area contributed by atoms with Gasteiger partial charge in [0.05, 0.1) is 30.5 Å². The van der Waals surface area contributed by atoms with Crippen LogP contribution in [0.25, 0.3) is 11.3 Å². The highest BCUT2D eigenvalue weighted by Crippen LogP contribution is 2.58. The lowest BCUT2D eigenvalue weighted by molar-refractivity contribution is -0.137. The molecular weight excluding hydrogens is 383 g/mol. The molecule has 4 heterocycles. The highest BCUT2D eigenvalue weighted by molar-refractivity contribution is 5.62. The number of nitrogens with two attached hydrogens (primary N) is 1. The van der Waals surface area contributed by atoms with E-state index in [9.17, 15) is 13.2 Å². The van der Waals surface area contributed by atoms with Gasteiger partial charge in [0, 0.05) is 43.0 Å². The Morgan fingerprint density at radius 1 is 1.14 bits per heavy atom. The molecule has 0 bridgehead atoms. The molecule has 4 aliphatic rings. The minimum absolute atomic E-state index is 0.367. The summed E-state index contributed by atoms with van der Waals surface area (Å²) < 4.78 is 47.3. The first-order valence-electron chi connectivity index (χ1n) is 10.1. The van der Waals surface area contributed by atoms with E-state index in [1.165, 1.54) is 6.20 Å². The summed E-state index contributed by atoms with van der Waals surface area (Å²) in [5.41, 5.74) is 5.47. The van der Waals surface area contributed by atoms with Crippen LogP contribution in [-0.2, 0) is 10.9 Å². The molecule has 4 fully saturated rings. The number of pyridine rings is 1. The highest BCUT2D eigenvalue weighted by atomic mass is 19.4. The molecule has 3 atom stereocenters. The van der Waals surface area contributed by atoms with Gasteiger partial charge < -0.3 is 15.0 Å². The van der Waals surface area contributed by atoms with Crippen LogP contribution in [-0.4, -0.2) is 51.8 Å². The second-order valence-corrected chi connectivity index (χ2v) is 8.78. The zero-order valence-electron chi connectivity index (χ0n) is 15.8. The lowest BCUT2D eigenvalue weighted by atomic mass is 10.1. The fourth-order valence-electron chi connectivity index (χ4n) is 4.94. The van der Waals surface area contributed by atoms with Crippen molar-refractivity contribution in [3.8, 4) is 11.3 Å². The average molecular weight is 405 g/mol. The number of fused-ring (bicyclic) bond motifs is 1. The summed E-state index contributed by atoms with van der Waals surface area (Å²) in [5.74, 6) is 2.14. The van der Waals surface area contributed by atoms with Crippen molar-refractivity contribution in [2.24, 2.45) is 11.8 Å². The van der Waals surface area contributed by atoms with Gasteiger partial charge in [0.1, 0.15) is 11.6 Å². The molecule has 2 saturated carbocycles. The topological polar surface area (TPSA) is 69.2 Å². The van der Waals surface area contributed by atoms with Crippen LogP contribution in [0.3, 0.4) is 0 Å². The summed E-state index contributed by atoms with van der Waals surface area (Å²) in [7, 11) is 0. The standard InChI is InChI=1S/C20H22F3N5O/c21-20(22,23)15-3-11(4-25-18(15)24)16-7-28(19(26-16)10-1-2-10)17-13-5-27(6-14(13)17)12-8-29-9-12/h3-4,7,10,12-14,17H,1-2,5-6,8-9H2,(H2,24,25)/t13-,14+,17?. The van der Waals surface area contributed by atoms with Gasteiger partial charge in [-0.15, -0.1) is 0 Å². The van der Waals surface area contributed by atoms with Gasteiger partial charge in [-0.05, 0) is 30.7 Å². The van der Waals surface area contributed by atoms with Gasteiger partial charge in [0.2, 0.25) is 0 Å². The molecule has 2 aliphatic heterocycles. The summed E-state index contributed by atoms with van der Waals surface area (Å²) in [6, 6.07) is 2.04. The van der Waals surface area contributed by atoms with E-state index in [2.05, 4.69) is 14.5 Å². The smallest absolute Gasteiger partial charge is 0.383 e. The molecule has 2 N–H and O–H groups in total. The molecule has 0 amide bonds. The number of imidazole rings is 1. The number of nitrogens with zero attached hydrogens (tertiary/aromatic N) is 4.